The van der Waals surface area contributed by atoms with E-state index in [9.17, 15) is 4.79 Å². The Bertz CT molecular complexity index is 1040. The van der Waals surface area contributed by atoms with Crippen LogP contribution in [0.1, 0.15) is 39.2 Å². The van der Waals surface area contributed by atoms with E-state index in [1.54, 1.807) is 11.3 Å². The lowest BCUT2D eigenvalue weighted by atomic mass is 9.97. The van der Waals surface area contributed by atoms with Gasteiger partial charge in [0.05, 0.1) is 23.5 Å². The van der Waals surface area contributed by atoms with Crippen LogP contribution in [0.4, 0.5) is 0 Å². The van der Waals surface area contributed by atoms with E-state index in [-0.39, 0.29) is 18.0 Å². The van der Waals surface area contributed by atoms with Gasteiger partial charge in [0.15, 0.2) is 0 Å². The maximum Gasteiger partial charge on any atom is 0.310 e. The monoisotopic (exact) mass is 464 g/mol. The maximum atomic E-state index is 12.1. The predicted molar refractivity (Wildman–Crippen MR) is 133 cm³/mol. The Labute approximate surface area is 200 Å². The number of thiazole rings is 1. The average molecular weight is 465 g/mol. The van der Waals surface area contributed by atoms with Gasteiger partial charge in [0.1, 0.15) is 10.8 Å². The second-order valence-corrected chi connectivity index (χ2v) is 9.77. The molecular formula is C27H32N2O3S. The zero-order chi connectivity index (χ0) is 23.2. The molecule has 2 heterocycles. The van der Waals surface area contributed by atoms with Crippen molar-refractivity contribution < 1.29 is 14.3 Å². The number of piperidine rings is 1. The number of benzene rings is 2. The minimum absolute atomic E-state index is 0.00212. The van der Waals surface area contributed by atoms with Gasteiger partial charge in [0, 0.05) is 24.8 Å². The molecule has 33 heavy (non-hydrogen) atoms. The van der Waals surface area contributed by atoms with Crippen molar-refractivity contribution in [2.24, 2.45) is 5.92 Å². The van der Waals surface area contributed by atoms with E-state index in [0.29, 0.717) is 6.61 Å². The number of aromatic nitrogens is 1. The summed E-state index contributed by atoms with van der Waals surface area (Å²) in [5.41, 5.74) is 3.52. The summed E-state index contributed by atoms with van der Waals surface area (Å²) in [6, 6.07) is 16.8. The quantitative estimate of drug-likeness (QED) is 0.381. The smallest absolute Gasteiger partial charge is 0.310 e. The minimum Gasteiger partial charge on any atom is -0.491 e. The van der Waals surface area contributed by atoms with Crippen LogP contribution in [0.3, 0.4) is 0 Å². The van der Waals surface area contributed by atoms with E-state index < -0.39 is 0 Å². The Morgan fingerprint density at radius 2 is 1.85 bits per heavy atom. The molecule has 0 spiro atoms. The van der Waals surface area contributed by atoms with Gasteiger partial charge in [-0.25, -0.2) is 4.98 Å². The predicted octanol–water partition coefficient (Wildman–Crippen LogP) is 6.04. The van der Waals surface area contributed by atoms with E-state index in [4.69, 9.17) is 9.47 Å². The van der Waals surface area contributed by atoms with Crippen LogP contribution in [0.2, 0.25) is 0 Å². The molecule has 0 bridgehead atoms. The van der Waals surface area contributed by atoms with Crippen LogP contribution in [-0.2, 0) is 16.1 Å². The molecule has 1 saturated heterocycles. The first-order valence-corrected chi connectivity index (χ1v) is 12.5. The minimum atomic E-state index is -0.0563. The molecular weight excluding hydrogens is 432 g/mol. The van der Waals surface area contributed by atoms with Crippen molar-refractivity contribution >= 4 is 17.3 Å². The molecule has 1 fully saturated rings. The van der Waals surface area contributed by atoms with Crippen LogP contribution in [-0.4, -0.2) is 41.7 Å². The molecule has 0 amide bonds. The van der Waals surface area contributed by atoms with Crippen molar-refractivity contribution in [3.63, 3.8) is 0 Å². The fourth-order valence-electron chi connectivity index (χ4n) is 4.17. The Balaban J connectivity index is 1.38. The number of carbonyl (C=O) groups excluding carboxylic acids is 1. The lowest BCUT2D eigenvalue weighted by Crippen LogP contribution is -2.38. The zero-order valence-electron chi connectivity index (χ0n) is 19.6. The molecule has 174 valence electrons. The van der Waals surface area contributed by atoms with Gasteiger partial charge >= 0.3 is 5.97 Å². The molecule has 4 rings (SSSR count). The summed E-state index contributed by atoms with van der Waals surface area (Å²) in [7, 11) is 0. The molecule has 0 radical (unpaired) electrons. The molecule has 1 aromatic heterocycles. The molecule has 1 aliphatic heterocycles. The fraction of sp³-hybridized carbons (Fsp3) is 0.407. The van der Waals surface area contributed by atoms with Gasteiger partial charge < -0.3 is 9.47 Å². The average Bonchev–Trinajstić information content (AvgIpc) is 3.30. The summed E-state index contributed by atoms with van der Waals surface area (Å²) in [5.74, 6) is 0.827. The van der Waals surface area contributed by atoms with Crippen LogP contribution in [0.15, 0.2) is 54.7 Å². The van der Waals surface area contributed by atoms with Crippen LogP contribution >= 0.6 is 11.3 Å². The molecule has 1 atom stereocenters. The highest BCUT2D eigenvalue weighted by atomic mass is 32.1. The molecule has 0 saturated carbocycles. The highest BCUT2D eigenvalue weighted by Gasteiger charge is 2.26. The number of rotatable bonds is 8. The van der Waals surface area contributed by atoms with Gasteiger partial charge in [-0.1, -0.05) is 24.3 Å². The Hall–Kier alpha value is -2.70. The summed E-state index contributed by atoms with van der Waals surface area (Å²) >= 11 is 1.69. The standard InChI is InChI=1S/C27H32N2O3S/c1-4-31-27(30)23-6-5-15-29(18-23)17-20-7-9-22(10-8-20)26-28-16-25(33-26)21-11-13-24(14-12-21)32-19(2)3/h7-14,16,19,23H,4-6,15,17-18H2,1-3H3. The number of hydrogen-bond acceptors (Lipinski definition) is 6. The highest BCUT2D eigenvalue weighted by Crippen LogP contribution is 2.33. The highest BCUT2D eigenvalue weighted by molar-refractivity contribution is 7.18. The second-order valence-electron chi connectivity index (χ2n) is 8.74. The molecule has 1 aliphatic rings. The Morgan fingerprint density at radius 1 is 1.12 bits per heavy atom. The van der Waals surface area contributed by atoms with Crippen LogP contribution < -0.4 is 4.74 Å². The Kier molecular flexibility index (Phi) is 7.78. The molecule has 1 unspecified atom stereocenters. The van der Waals surface area contributed by atoms with Crippen molar-refractivity contribution in [3.8, 4) is 26.8 Å². The number of nitrogens with zero attached hydrogens (tertiary/aromatic N) is 2. The van der Waals surface area contributed by atoms with E-state index in [1.807, 2.05) is 39.1 Å². The number of esters is 1. The van der Waals surface area contributed by atoms with E-state index >= 15 is 0 Å². The topological polar surface area (TPSA) is 51.7 Å². The third-order valence-corrected chi connectivity index (χ3v) is 6.84. The van der Waals surface area contributed by atoms with Crippen molar-refractivity contribution in [1.29, 1.82) is 0 Å². The zero-order valence-corrected chi connectivity index (χ0v) is 20.4. The summed E-state index contributed by atoms with van der Waals surface area (Å²) < 4.78 is 11.0. The lowest BCUT2D eigenvalue weighted by molar-refractivity contribution is -0.150. The van der Waals surface area contributed by atoms with Crippen molar-refractivity contribution in [2.75, 3.05) is 19.7 Å². The van der Waals surface area contributed by atoms with Gasteiger partial charge in [-0.2, -0.15) is 0 Å². The maximum absolute atomic E-state index is 12.1. The number of ether oxygens (including phenoxy) is 2. The third-order valence-electron chi connectivity index (χ3n) is 5.75. The number of likely N-dealkylation sites (tertiary alicyclic amines) is 1. The van der Waals surface area contributed by atoms with Crippen molar-refractivity contribution in [3.05, 3.63) is 60.3 Å². The molecule has 2 aromatic carbocycles. The first kappa shape index (κ1) is 23.5. The summed E-state index contributed by atoms with van der Waals surface area (Å²) in [4.78, 5) is 20.2. The second kappa shape index (κ2) is 10.9. The van der Waals surface area contributed by atoms with Crippen LogP contribution in [0.5, 0.6) is 5.75 Å². The van der Waals surface area contributed by atoms with Gasteiger partial charge in [-0.05, 0) is 75.5 Å². The van der Waals surface area contributed by atoms with Crippen LogP contribution in [0.25, 0.3) is 21.0 Å². The number of carbonyl (C=O) groups is 1. The van der Waals surface area contributed by atoms with Gasteiger partial charge in [0.25, 0.3) is 0 Å². The molecule has 3 aromatic rings. The summed E-state index contributed by atoms with van der Waals surface area (Å²) in [6.07, 6.45) is 4.07. The van der Waals surface area contributed by atoms with Crippen molar-refractivity contribution in [1.82, 2.24) is 9.88 Å². The first-order valence-electron chi connectivity index (χ1n) is 11.7. The molecule has 6 heteroatoms. The molecule has 0 N–H and O–H groups in total. The van der Waals surface area contributed by atoms with Crippen molar-refractivity contribution in [2.45, 2.75) is 46.3 Å². The van der Waals surface area contributed by atoms with Crippen LogP contribution in [0, 0.1) is 5.92 Å². The fourth-order valence-corrected chi connectivity index (χ4v) is 5.10. The van der Waals surface area contributed by atoms with Gasteiger partial charge in [0.2, 0.25) is 0 Å². The molecule has 0 aliphatic carbocycles. The van der Waals surface area contributed by atoms with Gasteiger partial charge in [-0.15, -0.1) is 11.3 Å². The normalized spacial score (nSPS) is 16.7. The van der Waals surface area contributed by atoms with E-state index in [0.717, 1.165) is 59.2 Å². The summed E-state index contributed by atoms with van der Waals surface area (Å²) in [6.45, 7) is 9.02. The first-order chi connectivity index (χ1) is 16.0. The molecule has 5 nitrogen and oxygen atoms in total. The van der Waals surface area contributed by atoms with E-state index in [1.165, 1.54) is 5.56 Å². The SMILES string of the molecule is CCOC(=O)C1CCCN(Cc2ccc(-c3ncc(-c4ccc(OC(C)C)cc4)s3)cc2)C1. The number of hydrogen-bond donors (Lipinski definition) is 0. The lowest BCUT2D eigenvalue weighted by Gasteiger charge is -2.31. The van der Waals surface area contributed by atoms with Gasteiger partial charge in [-0.3, -0.25) is 9.69 Å². The van der Waals surface area contributed by atoms with E-state index in [2.05, 4.69) is 46.3 Å². The Morgan fingerprint density at radius 3 is 2.55 bits per heavy atom. The largest absolute Gasteiger partial charge is 0.491 e. The third kappa shape index (κ3) is 6.21. The summed E-state index contributed by atoms with van der Waals surface area (Å²) in [5, 5.41) is 1.01.